The van der Waals surface area contributed by atoms with Crippen molar-refractivity contribution in [2.45, 2.75) is 18.4 Å². The lowest BCUT2D eigenvalue weighted by molar-refractivity contribution is -0.0881. The smallest absolute Gasteiger partial charge is 0.415 e. The molecule has 0 aromatic carbocycles. The van der Waals surface area contributed by atoms with Gasteiger partial charge in [0.05, 0.1) is 17.7 Å². The number of piperidine rings is 3. The molecule has 0 saturated carbocycles. The summed E-state index contributed by atoms with van der Waals surface area (Å²) in [5, 5.41) is 5.06. The number of carbonyl (C=O) groups is 1. The number of fused-ring (bicyclic) bond motifs is 2. The lowest BCUT2D eigenvalue weighted by Crippen LogP contribution is -2.61. The Kier molecular flexibility index (Phi) is 3.05. The number of thiazole rings is 1. The number of anilines is 1. The SMILES string of the molecule is O=C1O[C@@]2(CN3CCC2CC3)CN1c1cc(-c2cscn2)cs1. The van der Waals surface area contributed by atoms with Crippen LogP contribution in [0.25, 0.3) is 11.3 Å². The van der Waals surface area contributed by atoms with Gasteiger partial charge in [-0.3, -0.25) is 9.80 Å². The molecule has 4 saturated heterocycles. The van der Waals surface area contributed by atoms with Crippen LogP contribution in [0.5, 0.6) is 0 Å². The van der Waals surface area contributed by atoms with Crippen LogP contribution in [0, 0.1) is 5.92 Å². The summed E-state index contributed by atoms with van der Waals surface area (Å²) in [5.74, 6) is 0.513. The van der Waals surface area contributed by atoms with Crippen LogP contribution in [0.15, 0.2) is 22.3 Å². The van der Waals surface area contributed by atoms with E-state index in [9.17, 15) is 4.79 Å². The van der Waals surface area contributed by atoms with Crippen LogP contribution in [0.4, 0.5) is 9.80 Å². The third kappa shape index (κ3) is 2.14. The molecule has 0 radical (unpaired) electrons. The molecule has 1 amide bonds. The third-order valence-electron chi connectivity index (χ3n) is 5.34. The van der Waals surface area contributed by atoms with Crippen molar-refractivity contribution in [3.05, 3.63) is 22.3 Å². The van der Waals surface area contributed by atoms with E-state index in [0.717, 1.165) is 48.7 Å². The van der Waals surface area contributed by atoms with E-state index in [2.05, 4.69) is 21.3 Å². The van der Waals surface area contributed by atoms with Crippen molar-refractivity contribution in [1.29, 1.82) is 0 Å². The molecule has 0 aliphatic carbocycles. The zero-order valence-electron chi connectivity index (χ0n) is 12.6. The van der Waals surface area contributed by atoms with E-state index in [1.165, 1.54) is 0 Å². The molecule has 5 nitrogen and oxygen atoms in total. The lowest BCUT2D eigenvalue weighted by Gasteiger charge is -2.49. The topological polar surface area (TPSA) is 45.7 Å². The van der Waals surface area contributed by atoms with Gasteiger partial charge in [-0.2, -0.15) is 0 Å². The number of nitrogens with zero attached hydrogens (tertiary/aromatic N) is 3. The molecule has 0 N–H and O–H groups in total. The summed E-state index contributed by atoms with van der Waals surface area (Å²) in [6.45, 7) is 3.88. The summed E-state index contributed by atoms with van der Waals surface area (Å²) in [6, 6.07) is 2.06. The molecule has 23 heavy (non-hydrogen) atoms. The van der Waals surface area contributed by atoms with Gasteiger partial charge in [0, 0.05) is 28.8 Å². The third-order valence-corrected chi connectivity index (χ3v) is 6.88. The highest BCUT2D eigenvalue weighted by Crippen LogP contribution is 2.44. The first-order valence-corrected chi connectivity index (χ1v) is 9.76. The number of ether oxygens (including phenoxy) is 1. The van der Waals surface area contributed by atoms with Crippen molar-refractivity contribution in [2.24, 2.45) is 5.92 Å². The van der Waals surface area contributed by atoms with Crippen molar-refractivity contribution in [1.82, 2.24) is 9.88 Å². The normalized spacial score (nSPS) is 32.7. The fraction of sp³-hybridized carbons (Fsp3) is 0.500. The Morgan fingerprint density at radius 2 is 2.13 bits per heavy atom. The van der Waals surface area contributed by atoms with Gasteiger partial charge < -0.3 is 4.74 Å². The standard InChI is InChI=1S/C16H17N3O2S2/c20-15-19(14-5-11(6-23-14)13-7-22-10-17-13)9-16(21-15)8-18-3-1-12(16)2-4-18/h5-7,10,12H,1-4,8-9H2/t16-/m0/s1. The first-order valence-electron chi connectivity index (χ1n) is 7.93. The van der Waals surface area contributed by atoms with Gasteiger partial charge in [0.25, 0.3) is 0 Å². The number of rotatable bonds is 2. The van der Waals surface area contributed by atoms with Crippen molar-refractivity contribution >= 4 is 33.8 Å². The molecule has 2 aromatic rings. The van der Waals surface area contributed by atoms with Crippen LogP contribution in [0.2, 0.25) is 0 Å². The molecule has 7 heteroatoms. The van der Waals surface area contributed by atoms with Crippen molar-refractivity contribution in [3.8, 4) is 11.3 Å². The number of hydrogen-bond acceptors (Lipinski definition) is 6. The molecule has 4 aliphatic heterocycles. The molecule has 1 spiro atoms. The Bertz CT molecular complexity index is 736. The molecule has 2 bridgehead atoms. The van der Waals surface area contributed by atoms with E-state index >= 15 is 0 Å². The quantitative estimate of drug-likeness (QED) is 0.836. The Labute approximate surface area is 142 Å². The Hall–Kier alpha value is -1.44. The molecular weight excluding hydrogens is 330 g/mol. The maximum atomic E-state index is 12.5. The summed E-state index contributed by atoms with van der Waals surface area (Å²) in [5.41, 5.74) is 3.59. The van der Waals surface area contributed by atoms with Gasteiger partial charge in [-0.1, -0.05) is 0 Å². The van der Waals surface area contributed by atoms with Crippen LogP contribution in [0.3, 0.4) is 0 Å². The van der Waals surface area contributed by atoms with Gasteiger partial charge in [0.1, 0.15) is 10.6 Å². The minimum atomic E-state index is -0.293. The van der Waals surface area contributed by atoms with E-state index in [-0.39, 0.29) is 11.7 Å². The van der Waals surface area contributed by atoms with Crippen molar-refractivity contribution in [3.63, 3.8) is 0 Å². The van der Waals surface area contributed by atoms with Gasteiger partial charge in [0.2, 0.25) is 0 Å². The second-order valence-electron chi connectivity index (χ2n) is 6.62. The maximum absolute atomic E-state index is 12.5. The largest absolute Gasteiger partial charge is 0.439 e. The monoisotopic (exact) mass is 347 g/mol. The molecule has 2 aromatic heterocycles. The van der Waals surface area contributed by atoms with Gasteiger partial charge in [-0.05, 0) is 32.0 Å². The molecule has 0 unspecified atom stereocenters. The number of aromatic nitrogens is 1. The maximum Gasteiger partial charge on any atom is 0.415 e. The molecule has 6 rings (SSSR count). The molecule has 4 fully saturated rings. The second kappa shape index (κ2) is 5.03. The fourth-order valence-corrected chi connectivity index (χ4v) is 5.60. The molecule has 120 valence electrons. The summed E-state index contributed by atoms with van der Waals surface area (Å²) in [4.78, 5) is 21.1. The minimum Gasteiger partial charge on any atom is -0.439 e. The van der Waals surface area contributed by atoms with Crippen LogP contribution >= 0.6 is 22.7 Å². The number of thiophene rings is 1. The van der Waals surface area contributed by atoms with Gasteiger partial charge in [-0.15, -0.1) is 22.7 Å². The zero-order valence-corrected chi connectivity index (χ0v) is 14.2. The van der Waals surface area contributed by atoms with Gasteiger partial charge in [0.15, 0.2) is 0 Å². The Morgan fingerprint density at radius 1 is 1.26 bits per heavy atom. The molecule has 6 heterocycles. The Balaban J connectivity index is 1.43. The Morgan fingerprint density at radius 3 is 2.83 bits per heavy atom. The average Bonchev–Trinajstić information content (AvgIpc) is 3.28. The number of hydrogen-bond donors (Lipinski definition) is 0. The molecule has 1 atom stereocenters. The summed E-state index contributed by atoms with van der Waals surface area (Å²) < 4.78 is 5.93. The van der Waals surface area contributed by atoms with Crippen LogP contribution in [-0.2, 0) is 4.74 Å². The number of carbonyl (C=O) groups excluding carboxylic acids is 1. The predicted octanol–water partition coefficient (Wildman–Crippen LogP) is 3.29. The fourth-order valence-electron chi connectivity index (χ4n) is 4.14. The van der Waals surface area contributed by atoms with Crippen LogP contribution in [-0.4, -0.2) is 47.8 Å². The average molecular weight is 347 g/mol. The van der Waals surface area contributed by atoms with Crippen LogP contribution in [0.1, 0.15) is 12.8 Å². The van der Waals surface area contributed by atoms with E-state index in [1.54, 1.807) is 22.7 Å². The minimum absolute atomic E-state index is 0.189. The van der Waals surface area contributed by atoms with E-state index in [4.69, 9.17) is 4.74 Å². The second-order valence-corrected chi connectivity index (χ2v) is 8.22. The molecular formula is C16H17N3O2S2. The van der Waals surface area contributed by atoms with Crippen molar-refractivity contribution in [2.75, 3.05) is 31.1 Å². The summed E-state index contributed by atoms with van der Waals surface area (Å²) >= 11 is 3.18. The highest BCUT2D eigenvalue weighted by atomic mass is 32.1. The highest BCUT2D eigenvalue weighted by Gasteiger charge is 2.55. The summed E-state index contributed by atoms with van der Waals surface area (Å²) in [7, 11) is 0. The van der Waals surface area contributed by atoms with Gasteiger partial charge >= 0.3 is 6.09 Å². The first-order chi connectivity index (χ1) is 11.2. The van der Waals surface area contributed by atoms with E-state index < -0.39 is 0 Å². The zero-order chi connectivity index (χ0) is 15.4. The van der Waals surface area contributed by atoms with Crippen LogP contribution < -0.4 is 4.90 Å². The molecule has 4 aliphatic rings. The first kappa shape index (κ1) is 13.9. The highest BCUT2D eigenvalue weighted by molar-refractivity contribution is 7.14. The van der Waals surface area contributed by atoms with Gasteiger partial charge in [-0.25, -0.2) is 9.78 Å². The summed E-state index contributed by atoms with van der Waals surface area (Å²) in [6.07, 6.45) is 2.11. The van der Waals surface area contributed by atoms with Crippen molar-refractivity contribution < 1.29 is 9.53 Å². The number of amides is 1. The lowest BCUT2D eigenvalue weighted by atomic mass is 9.75. The van der Waals surface area contributed by atoms with E-state index in [1.807, 2.05) is 15.8 Å². The van der Waals surface area contributed by atoms with E-state index in [0.29, 0.717) is 12.5 Å². The predicted molar refractivity (Wildman–Crippen MR) is 91.1 cm³/mol.